The summed E-state index contributed by atoms with van der Waals surface area (Å²) in [6, 6.07) is 16.7. The maximum absolute atomic E-state index is 12.6. The monoisotopic (exact) mass is 380 g/mol. The number of amides is 2. The van der Waals surface area contributed by atoms with Gasteiger partial charge in [0.1, 0.15) is 5.75 Å². The van der Waals surface area contributed by atoms with Crippen molar-refractivity contribution in [1.82, 2.24) is 10.2 Å². The van der Waals surface area contributed by atoms with Gasteiger partial charge in [-0.3, -0.25) is 9.59 Å². The topological polar surface area (TPSA) is 58.6 Å². The van der Waals surface area contributed by atoms with Gasteiger partial charge >= 0.3 is 0 Å². The van der Waals surface area contributed by atoms with Crippen LogP contribution < -0.4 is 10.1 Å². The SMILES string of the molecule is CC(C)NC(=O)c1ccc(OC[C@@H]2CCCN(C(=O)c3ccccc3)C2)cc1. The Balaban J connectivity index is 1.52. The number of ether oxygens (including phenoxy) is 1. The summed E-state index contributed by atoms with van der Waals surface area (Å²) in [7, 11) is 0. The summed E-state index contributed by atoms with van der Waals surface area (Å²) in [6.45, 7) is 5.94. The molecule has 2 aromatic carbocycles. The van der Waals surface area contributed by atoms with Crippen LogP contribution in [0, 0.1) is 5.92 Å². The van der Waals surface area contributed by atoms with Crippen LogP contribution in [-0.4, -0.2) is 42.5 Å². The van der Waals surface area contributed by atoms with Crippen LogP contribution in [0.3, 0.4) is 0 Å². The molecule has 1 heterocycles. The average Bonchev–Trinajstić information content (AvgIpc) is 2.72. The molecule has 1 N–H and O–H groups in total. The third-order valence-corrected chi connectivity index (χ3v) is 4.85. The Hall–Kier alpha value is -2.82. The van der Waals surface area contributed by atoms with E-state index >= 15 is 0 Å². The van der Waals surface area contributed by atoms with E-state index in [2.05, 4.69) is 5.32 Å². The van der Waals surface area contributed by atoms with E-state index in [4.69, 9.17) is 4.74 Å². The molecular formula is C23H28N2O3. The number of hydrogen-bond donors (Lipinski definition) is 1. The van der Waals surface area contributed by atoms with Gasteiger partial charge in [0, 0.05) is 36.2 Å². The predicted molar refractivity (Wildman–Crippen MR) is 110 cm³/mol. The molecule has 0 bridgehead atoms. The average molecular weight is 380 g/mol. The number of rotatable bonds is 6. The zero-order valence-electron chi connectivity index (χ0n) is 16.6. The molecule has 28 heavy (non-hydrogen) atoms. The lowest BCUT2D eigenvalue weighted by atomic mass is 9.98. The Kier molecular flexibility index (Phi) is 6.69. The lowest BCUT2D eigenvalue weighted by molar-refractivity contribution is 0.0633. The largest absolute Gasteiger partial charge is 0.493 e. The van der Waals surface area contributed by atoms with Gasteiger partial charge < -0.3 is 15.0 Å². The van der Waals surface area contributed by atoms with E-state index < -0.39 is 0 Å². The molecule has 5 nitrogen and oxygen atoms in total. The summed E-state index contributed by atoms with van der Waals surface area (Å²) in [5.41, 5.74) is 1.36. The smallest absolute Gasteiger partial charge is 0.253 e. The highest BCUT2D eigenvalue weighted by molar-refractivity contribution is 5.94. The highest BCUT2D eigenvalue weighted by Crippen LogP contribution is 2.21. The van der Waals surface area contributed by atoms with Crippen LogP contribution in [0.15, 0.2) is 54.6 Å². The van der Waals surface area contributed by atoms with Crippen LogP contribution in [0.25, 0.3) is 0 Å². The molecule has 1 aliphatic rings. The number of nitrogens with one attached hydrogen (secondary N) is 1. The van der Waals surface area contributed by atoms with E-state index in [-0.39, 0.29) is 17.9 Å². The zero-order valence-corrected chi connectivity index (χ0v) is 16.6. The van der Waals surface area contributed by atoms with Gasteiger partial charge in [-0.25, -0.2) is 0 Å². The van der Waals surface area contributed by atoms with Crippen molar-refractivity contribution in [2.24, 2.45) is 5.92 Å². The minimum atomic E-state index is -0.0797. The first-order chi connectivity index (χ1) is 13.5. The fraction of sp³-hybridized carbons (Fsp3) is 0.391. The summed E-state index contributed by atoms with van der Waals surface area (Å²) in [4.78, 5) is 26.6. The summed E-state index contributed by atoms with van der Waals surface area (Å²) in [5, 5.41) is 2.87. The molecule has 1 fully saturated rings. The zero-order chi connectivity index (χ0) is 19.9. The minimum Gasteiger partial charge on any atom is -0.493 e. The molecule has 1 aliphatic heterocycles. The second-order valence-electron chi connectivity index (χ2n) is 7.59. The second kappa shape index (κ2) is 9.40. The Morgan fingerprint density at radius 1 is 1.07 bits per heavy atom. The molecule has 0 unspecified atom stereocenters. The fourth-order valence-electron chi connectivity index (χ4n) is 3.41. The normalized spacial score (nSPS) is 16.7. The molecule has 3 rings (SSSR count). The Morgan fingerprint density at radius 2 is 1.79 bits per heavy atom. The maximum atomic E-state index is 12.6. The van der Waals surface area contributed by atoms with Gasteiger partial charge in [0.05, 0.1) is 6.61 Å². The Labute approximate surface area is 166 Å². The molecule has 0 aliphatic carbocycles. The molecule has 0 saturated carbocycles. The van der Waals surface area contributed by atoms with E-state index in [9.17, 15) is 9.59 Å². The summed E-state index contributed by atoms with van der Waals surface area (Å²) in [6.07, 6.45) is 2.04. The molecule has 5 heteroatoms. The Bertz CT molecular complexity index is 787. The van der Waals surface area contributed by atoms with Crippen LogP contribution in [0.5, 0.6) is 5.75 Å². The molecule has 1 saturated heterocycles. The standard InChI is InChI=1S/C23H28N2O3/c1-17(2)24-22(26)19-10-12-21(13-11-19)28-16-18-7-6-14-25(15-18)23(27)20-8-4-3-5-9-20/h3-5,8-13,17-18H,6-7,14-16H2,1-2H3,(H,24,26)/t18-/m1/s1. The predicted octanol–water partition coefficient (Wildman–Crippen LogP) is 3.76. The quantitative estimate of drug-likeness (QED) is 0.830. The summed E-state index contributed by atoms with van der Waals surface area (Å²) >= 11 is 0. The van der Waals surface area contributed by atoms with Crippen LogP contribution in [0.4, 0.5) is 0 Å². The summed E-state index contributed by atoms with van der Waals surface area (Å²) < 4.78 is 5.93. The van der Waals surface area contributed by atoms with Crippen LogP contribution >= 0.6 is 0 Å². The maximum Gasteiger partial charge on any atom is 0.253 e. The molecular weight excluding hydrogens is 352 g/mol. The number of carbonyl (C=O) groups is 2. The van der Waals surface area contributed by atoms with Gasteiger partial charge in [0.25, 0.3) is 11.8 Å². The van der Waals surface area contributed by atoms with E-state index in [1.54, 1.807) is 12.1 Å². The number of carbonyl (C=O) groups excluding carboxylic acids is 2. The number of benzene rings is 2. The summed E-state index contributed by atoms with van der Waals surface area (Å²) in [5.74, 6) is 1.06. The van der Waals surface area contributed by atoms with Gasteiger partial charge in [-0.05, 0) is 63.1 Å². The number of nitrogens with zero attached hydrogens (tertiary/aromatic N) is 1. The fourth-order valence-corrected chi connectivity index (χ4v) is 3.41. The van der Waals surface area contributed by atoms with Crippen molar-refractivity contribution in [3.05, 3.63) is 65.7 Å². The molecule has 0 radical (unpaired) electrons. The van der Waals surface area contributed by atoms with E-state index in [0.717, 1.165) is 30.7 Å². The van der Waals surface area contributed by atoms with Crippen LogP contribution in [-0.2, 0) is 0 Å². The molecule has 0 spiro atoms. The van der Waals surface area contributed by atoms with Gasteiger partial charge in [-0.15, -0.1) is 0 Å². The first-order valence-electron chi connectivity index (χ1n) is 9.91. The van der Waals surface area contributed by atoms with E-state index in [0.29, 0.717) is 24.6 Å². The van der Waals surface area contributed by atoms with Crippen molar-refractivity contribution in [1.29, 1.82) is 0 Å². The molecule has 148 valence electrons. The van der Waals surface area contributed by atoms with Crippen molar-refractivity contribution in [3.63, 3.8) is 0 Å². The lowest BCUT2D eigenvalue weighted by Crippen LogP contribution is -2.41. The number of hydrogen-bond acceptors (Lipinski definition) is 3. The molecule has 1 atom stereocenters. The minimum absolute atomic E-state index is 0.0797. The second-order valence-corrected chi connectivity index (χ2v) is 7.59. The Morgan fingerprint density at radius 3 is 2.46 bits per heavy atom. The third-order valence-electron chi connectivity index (χ3n) is 4.85. The van der Waals surface area contributed by atoms with Crippen molar-refractivity contribution in [2.45, 2.75) is 32.7 Å². The van der Waals surface area contributed by atoms with Crippen molar-refractivity contribution < 1.29 is 14.3 Å². The molecule has 2 amide bonds. The van der Waals surface area contributed by atoms with Gasteiger partial charge in [-0.1, -0.05) is 18.2 Å². The first kappa shape index (κ1) is 19.9. The number of likely N-dealkylation sites (tertiary alicyclic amines) is 1. The third kappa shape index (κ3) is 5.35. The lowest BCUT2D eigenvalue weighted by Gasteiger charge is -2.32. The van der Waals surface area contributed by atoms with Crippen LogP contribution in [0.2, 0.25) is 0 Å². The van der Waals surface area contributed by atoms with Crippen molar-refractivity contribution in [2.75, 3.05) is 19.7 Å². The highest BCUT2D eigenvalue weighted by atomic mass is 16.5. The van der Waals surface area contributed by atoms with Crippen molar-refractivity contribution >= 4 is 11.8 Å². The van der Waals surface area contributed by atoms with Gasteiger partial charge in [0.2, 0.25) is 0 Å². The number of piperidine rings is 1. The van der Waals surface area contributed by atoms with E-state index in [1.807, 2.05) is 61.2 Å². The first-order valence-corrected chi connectivity index (χ1v) is 9.91. The van der Waals surface area contributed by atoms with Gasteiger partial charge in [-0.2, -0.15) is 0 Å². The van der Waals surface area contributed by atoms with Crippen LogP contribution in [0.1, 0.15) is 47.4 Å². The van der Waals surface area contributed by atoms with Gasteiger partial charge in [0.15, 0.2) is 0 Å². The highest BCUT2D eigenvalue weighted by Gasteiger charge is 2.24. The van der Waals surface area contributed by atoms with E-state index in [1.165, 1.54) is 0 Å². The molecule has 2 aromatic rings. The molecule has 0 aromatic heterocycles. The van der Waals surface area contributed by atoms with Crippen molar-refractivity contribution in [3.8, 4) is 5.75 Å².